The van der Waals surface area contributed by atoms with Crippen molar-refractivity contribution in [2.24, 2.45) is 0 Å². The van der Waals surface area contributed by atoms with Crippen LogP contribution in [0.5, 0.6) is 5.75 Å². The highest BCUT2D eigenvalue weighted by atomic mass is 16.5. The van der Waals surface area contributed by atoms with Gasteiger partial charge >= 0.3 is 0 Å². The van der Waals surface area contributed by atoms with Gasteiger partial charge in [-0.1, -0.05) is 0 Å². The molecule has 0 spiro atoms. The Hall–Kier alpha value is -1.97. The van der Waals surface area contributed by atoms with Gasteiger partial charge in [-0.05, 0) is 29.3 Å². The molecule has 1 amide bonds. The molecule has 4 nitrogen and oxygen atoms in total. The molecule has 16 heavy (non-hydrogen) atoms. The summed E-state index contributed by atoms with van der Waals surface area (Å²) in [5.74, 6) is 0.673. The summed E-state index contributed by atoms with van der Waals surface area (Å²) >= 11 is 0. The van der Waals surface area contributed by atoms with E-state index in [2.05, 4.69) is 0 Å². The van der Waals surface area contributed by atoms with Gasteiger partial charge in [0.15, 0.2) is 0 Å². The van der Waals surface area contributed by atoms with E-state index in [0.717, 1.165) is 11.1 Å². The second-order valence-corrected chi connectivity index (χ2v) is 3.79. The summed E-state index contributed by atoms with van der Waals surface area (Å²) in [6.07, 6.45) is 4.01. The van der Waals surface area contributed by atoms with Crippen LogP contribution in [0.15, 0.2) is 18.3 Å². The predicted molar refractivity (Wildman–Crippen MR) is 62.9 cm³/mol. The Bertz CT molecular complexity index is 466. The summed E-state index contributed by atoms with van der Waals surface area (Å²) in [5, 5.41) is 0. The third-order valence-electron chi connectivity index (χ3n) is 2.70. The van der Waals surface area contributed by atoms with Crippen LogP contribution >= 0.6 is 0 Å². The number of rotatable bonds is 1. The largest absolute Gasteiger partial charge is 0.495 e. The fourth-order valence-corrected chi connectivity index (χ4v) is 1.70. The van der Waals surface area contributed by atoms with Crippen molar-refractivity contribution in [3.8, 4) is 5.75 Å². The molecule has 1 aromatic rings. The van der Waals surface area contributed by atoms with Gasteiger partial charge in [0.25, 0.3) is 0 Å². The second kappa shape index (κ2) is 3.89. The number of anilines is 1. The molecule has 1 aromatic carbocycles. The first kappa shape index (κ1) is 10.5. The van der Waals surface area contributed by atoms with Gasteiger partial charge in [0, 0.05) is 13.2 Å². The molecular formula is C12H14N2O2. The Morgan fingerprint density at radius 2 is 2.19 bits per heavy atom. The number of methoxy groups -OCH3 is 1. The first-order valence-electron chi connectivity index (χ1n) is 5.02. The van der Waals surface area contributed by atoms with Crippen LogP contribution in [0.4, 0.5) is 5.69 Å². The van der Waals surface area contributed by atoms with E-state index >= 15 is 0 Å². The van der Waals surface area contributed by atoms with Crippen molar-refractivity contribution < 1.29 is 9.53 Å². The summed E-state index contributed by atoms with van der Waals surface area (Å²) in [6, 6.07) is 3.66. The van der Waals surface area contributed by atoms with E-state index in [1.54, 1.807) is 25.3 Å². The number of ether oxygens (including phenoxy) is 1. The van der Waals surface area contributed by atoms with Gasteiger partial charge in [0.2, 0.25) is 5.91 Å². The lowest BCUT2D eigenvalue weighted by Crippen LogP contribution is -2.21. The Balaban J connectivity index is 2.51. The van der Waals surface area contributed by atoms with Crippen molar-refractivity contribution in [2.75, 3.05) is 19.9 Å². The highest BCUT2D eigenvalue weighted by Gasteiger charge is 2.15. The smallest absolute Gasteiger partial charge is 0.230 e. The number of hydrogen-bond donors (Lipinski definition) is 1. The maximum absolute atomic E-state index is 11.7. The van der Waals surface area contributed by atoms with E-state index in [-0.39, 0.29) is 5.91 Å². The molecule has 2 N–H and O–H groups in total. The lowest BCUT2D eigenvalue weighted by atomic mass is 10.0. The van der Waals surface area contributed by atoms with E-state index < -0.39 is 0 Å². The molecule has 1 aliphatic heterocycles. The van der Waals surface area contributed by atoms with Crippen LogP contribution in [0.3, 0.4) is 0 Å². The van der Waals surface area contributed by atoms with Gasteiger partial charge in [-0.25, -0.2) is 0 Å². The number of nitrogens with zero attached hydrogens (tertiary/aromatic N) is 1. The molecule has 84 valence electrons. The van der Waals surface area contributed by atoms with E-state index in [0.29, 0.717) is 17.9 Å². The number of benzene rings is 1. The fraction of sp³-hybridized carbons (Fsp3) is 0.250. The lowest BCUT2D eigenvalue weighted by molar-refractivity contribution is -0.126. The third kappa shape index (κ3) is 1.74. The highest BCUT2D eigenvalue weighted by molar-refractivity contribution is 5.84. The number of amides is 1. The average Bonchev–Trinajstić information content (AvgIpc) is 2.39. The van der Waals surface area contributed by atoms with Crippen LogP contribution in [-0.2, 0) is 11.2 Å². The first-order valence-corrected chi connectivity index (χ1v) is 5.02. The number of fused-ring (bicyclic) bond motifs is 1. The second-order valence-electron chi connectivity index (χ2n) is 3.79. The molecule has 0 atom stereocenters. The molecule has 4 heteroatoms. The van der Waals surface area contributed by atoms with Crippen molar-refractivity contribution in [1.29, 1.82) is 0 Å². The van der Waals surface area contributed by atoms with Crippen LogP contribution in [-0.4, -0.2) is 25.0 Å². The number of nitrogen functional groups attached to an aromatic ring is 1. The van der Waals surface area contributed by atoms with Crippen molar-refractivity contribution >= 4 is 17.7 Å². The maximum atomic E-state index is 11.7. The van der Waals surface area contributed by atoms with Crippen molar-refractivity contribution in [2.45, 2.75) is 6.42 Å². The van der Waals surface area contributed by atoms with Crippen molar-refractivity contribution in [3.63, 3.8) is 0 Å². The molecule has 0 bridgehead atoms. The molecule has 0 saturated heterocycles. The minimum Gasteiger partial charge on any atom is -0.495 e. The van der Waals surface area contributed by atoms with E-state index in [4.69, 9.17) is 10.5 Å². The molecule has 1 heterocycles. The minimum atomic E-state index is 0.0572. The zero-order valence-corrected chi connectivity index (χ0v) is 9.36. The predicted octanol–water partition coefficient (Wildman–Crippen LogP) is 1.26. The van der Waals surface area contributed by atoms with E-state index in [1.165, 1.54) is 0 Å². The van der Waals surface area contributed by atoms with Gasteiger partial charge < -0.3 is 15.4 Å². The summed E-state index contributed by atoms with van der Waals surface area (Å²) in [7, 11) is 3.31. The average molecular weight is 218 g/mol. The molecule has 0 fully saturated rings. The Labute approximate surface area is 94.3 Å². The Morgan fingerprint density at radius 3 is 2.88 bits per heavy atom. The van der Waals surface area contributed by atoms with Crippen LogP contribution in [0.2, 0.25) is 0 Å². The number of carbonyl (C=O) groups excluding carboxylic acids is 1. The van der Waals surface area contributed by atoms with E-state index in [9.17, 15) is 4.79 Å². The number of hydrogen-bond acceptors (Lipinski definition) is 3. The van der Waals surface area contributed by atoms with Gasteiger partial charge in [-0.2, -0.15) is 0 Å². The van der Waals surface area contributed by atoms with Crippen LogP contribution in [0.1, 0.15) is 11.1 Å². The van der Waals surface area contributed by atoms with Crippen LogP contribution < -0.4 is 10.5 Å². The zero-order valence-electron chi connectivity index (χ0n) is 9.36. The molecule has 0 unspecified atom stereocenters. The molecule has 1 aliphatic rings. The summed E-state index contributed by atoms with van der Waals surface area (Å²) in [6.45, 7) is 0. The summed E-state index contributed by atoms with van der Waals surface area (Å²) in [4.78, 5) is 13.2. The Kier molecular flexibility index (Phi) is 2.56. The lowest BCUT2D eigenvalue weighted by Gasteiger charge is -2.10. The van der Waals surface area contributed by atoms with Crippen LogP contribution in [0, 0.1) is 0 Å². The number of nitrogens with two attached hydrogens (primary N) is 1. The topological polar surface area (TPSA) is 55.6 Å². The molecular weight excluding hydrogens is 204 g/mol. The van der Waals surface area contributed by atoms with Crippen molar-refractivity contribution in [1.82, 2.24) is 4.90 Å². The fourth-order valence-electron chi connectivity index (χ4n) is 1.70. The molecule has 0 aliphatic carbocycles. The number of likely N-dealkylation sites (N-methyl/N-ethyl adjacent to an activating group) is 1. The quantitative estimate of drug-likeness (QED) is 0.722. The monoisotopic (exact) mass is 218 g/mol. The number of carbonyl (C=O) groups is 1. The van der Waals surface area contributed by atoms with Gasteiger partial charge in [-0.15, -0.1) is 0 Å². The summed E-state index contributed by atoms with van der Waals surface area (Å²) < 4.78 is 5.14. The summed E-state index contributed by atoms with van der Waals surface area (Å²) in [5.41, 5.74) is 8.31. The van der Waals surface area contributed by atoms with Gasteiger partial charge in [-0.3, -0.25) is 4.79 Å². The zero-order chi connectivity index (χ0) is 11.7. The van der Waals surface area contributed by atoms with Crippen molar-refractivity contribution in [3.05, 3.63) is 29.5 Å². The molecule has 0 radical (unpaired) electrons. The molecule has 0 aromatic heterocycles. The molecule has 2 rings (SSSR count). The van der Waals surface area contributed by atoms with Gasteiger partial charge in [0.1, 0.15) is 5.75 Å². The third-order valence-corrected chi connectivity index (χ3v) is 2.70. The normalized spacial score (nSPS) is 14.6. The highest BCUT2D eigenvalue weighted by Crippen LogP contribution is 2.28. The minimum absolute atomic E-state index is 0.0572. The van der Waals surface area contributed by atoms with E-state index in [1.807, 2.05) is 18.2 Å². The van der Waals surface area contributed by atoms with Gasteiger partial charge in [0.05, 0.1) is 19.2 Å². The standard InChI is InChI=1S/C12H14N2O2/c1-14-4-3-8-5-10(13)11(16-2)6-9(8)7-12(14)15/h3-6H,7,13H2,1-2H3. The maximum Gasteiger partial charge on any atom is 0.230 e. The van der Waals surface area contributed by atoms with Crippen LogP contribution in [0.25, 0.3) is 6.08 Å². The first-order chi connectivity index (χ1) is 7.61. The Morgan fingerprint density at radius 1 is 1.44 bits per heavy atom. The SMILES string of the molecule is COc1cc2c(cc1N)C=CN(C)C(=O)C2. The molecule has 0 saturated carbocycles.